The SMILES string of the molecule is O=C(C[C@](Cc1ccccc1)(C(=O)O)c1ccccc1)N1CC2CCCCC2C1. The number of carboxylic acid groups (broad SMARTS) is 1. The zero-order valence-electron chi connectivity index (χ0n) is 16.8. The molecular weight excluding hydrogens is 362 g/mol. The van der Waals surface area contributed by atoms with E-state index in [9.17, 15) is 14.7 Å². The van der Waals surface area contributed by atoms with Crippen LogP contribution in [0, 0.1) is 11.8 Å². The minimum absolute atomic E-state index is 0.000676. The van der Waals surface area contributed by atoms with E-state index in [0.717, 1.165) is 18.7 Å². The second-order valence-electron chi connectivity index (χ2n) is 8.70. The van der Waals surface area contributed by atoms with Gasteiger partial charge in [0.25, 0.3) is 0 Å². The zero-order valence-corrected chi connectivity index (χ0v) is 16.8. The maximum Gasteiger partial charge on any atom is 0.314 e. The van der Waals surface area contributed by atoms with Crippen LogP contribution in [0.25, 0.3) is 0 Å². The van der Waals surface area contributed by atoms with Gasteiger partial charge in [0.05, 0.1) is 0 Å². The number of carbonyl (C=O) groups excluding carboxylic acids is 1. The second kappa shape index (κ2) is 8.40. The van der Waals surface area contributed by atoms with E-state index in [1.165, 1.54) is 25.7 Å². The highest BCUT2D eigenvalue weighted by atomic mass is 16.4. The second-order valence-corrected chi connectivity index (χ2v) is 8.70. The summed E-state index contributed by atoms with van der Waals surface area (Å²) in [7, 11) is 0. The van der Waals surface area contributed by atoms with E-state index >= 15 is 0 Å². The lowest BCUT2D eigenvalue weighted by Crippen LogP contribution is -2.44. The summed E-state index contributed by atoms with van der Waals surface area (Å²) in [4.78, 5) is 27.9. The van der Waals surface area contributed by atoms with Crippen molar-refractivity contribution in [1.29, 1.82) is 0 Å². The third-order valence-corrected chi connectivity index (χ3v) is 6.87. The van der Waals surface area contributed by atoms with Gasteiger partial charge in [-0.3, -0.25) is 9.59 Å². The molecule has 1 saturated carbocycles. The molecule has 1 saturated heterocycles. The van der Waals surface area contributed by atoms with Crippen LogP contribution < -0.4 is 0 Å². The van der Waals surface area contributed by atoms with E-state index in [-0.39, 0.29) is 12.3 Å². The molecule has 0 aromatic heterocycles. The molecule has 2 aromatic carbocycles. The molecule has 2 aromatic rings. The van der Waals surface area contributed by atoms with E-state index in [0.29, 0.717) is 23.8 Å². The zero-order chi connectivity index (χ0) is 20.3. The molecule has 1 aliphatic heterocycles. The Balaban J connectivity index is 1.63. The van der Waals surface area contributed by atoms with Gasteiger partial charge >= 0.3 is 5.97 Å². The normalized spacial score (nSPS) is 23.2. The maximum absolute atomic E-state index is 13.3. The average Bonchev–Trinajstić information content (AvgIpc) is 3.19. The Morgan fingerprint density at radius 1 is 0.897 bits per heavy atom. The van der Waals surface area contributed by atoms with Gasteiger partial charge in [-0.05, 0) is 42.2 Å². The summed E-state index contributed by atoms with van der Waals surface area (Å²) in [6.45, 7) is 1.58. The van der Waals surface area contributed by atoms with Crippen LogP contribution in [0.3, 0.4) is 0 Å². The quantitative estimate of drug-likeness (QED) is 0.799. The largest absolute Gasteiger partial charge is 0.481 e. The van der Waals surface area contributed by atoms with Crippen LogP contribution >= 0.6 is 0 Å². The number of benzene rings is 2. The number of hydrogen-bond acceptors (Lipinski definition) is 2. The molecule has 29 heavy (non-hydrogen) atoms. The summed E-state index contributed by atoms with van der Waals surface area (Å²) in [6.07, 6.45) is 5.20. The summed E-state index contributed by atoms with van der Waals surface area (Å²) in [6, 6.07) is 18.9. The van der Waals surface area contributed by atoms with Crippen LogP contribution in [0.2, 0.25) is 0 Å². The Labute approximate surface area is 172 Å². The highest BCUT2D eigenvalue weighted by Gasteiger charge is 2.45. The van der Waals surface area contributed by atoms with Crippen molar-refractivity contribution in [1.82, 2.24) is 4.90 Å². The van der Waals surface area contributed by atoms with Crippen LogP contribution in [0.4, 0.5) is 0 Å². The number of likely N-dealkylation sites (tertiary alicyclic amines) is 1. The number of rotatable bonds is 6. The van der Waals surface area contributed by atoms with Crippen molar-refractivity contribution in [3.63, 3.8) is 0 Å². The van der Waals surface area contributed by atoms with Gasteiger partial charge in [-0.25, -0.2) is 0 Å². The predicted octanol–water partition coefficient (Wildman–Crippen LogP) is 4.29. The van der Waals surface area contributed by atoms with Crippen LogP contribution in [0.15, 0.2) is 60.7 Å². The van der Waals surface area contributed by atoms with E-state index in [1.54, 1.807) is 0 Å². The standard InChI is InChI=1S/C25H29NO3/c27-23(26-17-20-11-7-8-12-21(20)18-26)16-25(24(28)29,22-13-5-2-6-14-22)15-19-9-3-1-4-10-19/h1-6,9-10,13-14,20-21H,7-8,11-12,15-18H2,(H,28,29)/t20?,21?,25-/m0/s1. The number of hydrogen-bond donors (Lipinski definition) is 1. The molecule has 1 aliphatic carbocycles. The third kappa shape index (κ3) is 4.07. The highest BCUT2D eigenvalue weighted by molar-refractivity contribution is 5.90. The molecular formula is C25H29NO3. The van der Waals surface area contributed by atoms with E-state index in [1.807, 2.05) is 65.6 Å². The topological polar surface area (TPSA) is 57.6 Å². The van der Waals surface area contributed by atoms with Crippen LogP contribution in [0.5, 0.6) is 0 Å². The summed E-state index contributed by atoms with van der Waals surface area (Å²) >= 11 is 0. The van der Waals surface area contributed by atoms with Gasteiger partial charge in [0.15, 0.2) is 0 Å². The van der Waals surface area contributed by atoms with Crippen LogP contribution in [0.1, 0.15) is 43.2 Å². The lowest BCUT2D eigenvalue weighted by Gasteiger charge is -2.31. The molecule has 3 atom stereocenters. The molecule has 1 amide bonds. The molecule has 4 rings (SSSR count). The van der Waals surface area contributed by atoms with Crippen molar-refractivity contribution in [3.8, 4) is 0 Å². The lowest BCUT2D eigenvalue weighted by molar-refractivity contribution is -0.148. The average molecular weight is 392 g/mol. The predicted molar refractivity (Wildman–Crippen MR) is 113 cm³/mol. The van der Waals surface area contributed by atoms with Gasteiger partial charge in [0.1, 0.15) is 5.41 Å². The molecule has 2 fully saturated rings. The highest BCUT2D eigenvalue weighted by Crippen LogP contribution is 2.38. The van der Waals surface area contributed by atoms with Gasteiger partial charge < -0.3 is 10.0 Å². The first kappa shape index (κ1) is 19.7. The first-order chi connectivity index (χ1) is 14.1. The Hall–Kier alpha value is -2.62. The van der Waals surface area contributed by atoms with Gasteiger partial charge in [-0.2, -0.15) is 0 Å². The van der Waals surface area contributed by atoms with Crippen LogP contribution in [-0.2, 0) is 21.4 Å². The van der Waals surface area contributed by atoms with Gasteiger partial charge in [-0.15, -0.1) is 0 Å². The Kier molecular flexibility index (Phi) is 5.70. The number of amides is 1. The molecule has 0 spiro atoms. The minimum atomic E-state index is -1.26. The Bertz CT molecular complexity index is 837. The molecule has 1 N–H and O–H groups in total. The smallest absolute Gasteiger partial charge is 0.314 e. The summed E-state index contributed by atoms with van der Waals surface area (Å²) in [5.74, 6) is 0.231. The van der Waals surface area contributed by atoms with Crippen LogP contribution in [-0.4, -0.2) is 35.0 Å². The number of fused-ring (bicyclic) bond motifs is 1. The molecule has 0 bridgehead atoms. The molecule has 2 aliphatic rings. The maximum atomic E-state index is 13.3. The van der Waals surface area contributed by atoms with E-state index in [4.69, 9.17) is 0 Å². The van der Waals surface area contributed by atoms with Crippen molar-refractivity contribution in [2.75, 3.05) is 13.1 Å². The van der Waals surface area contributed by atoms with E-state index in [2.05, 4.69) is 0 Å². The fourth-order valence-electron chi connectivity index (χ4n) is 5.22. The van der Waals surface area contributed by atoms with Gasteiger partial charge in [0.2, 0.25) is 5.91 Å². The molecule has 4 heteroatoms. The minimum Gasteiger partial charge on any atom is -0.481 e. The van der Waals surface area contributed by atoms with Gasteiger partial charge in [0, 0.05) is 19.5 Å². The molecule has 1 heterocycles. The summed E-state index contributed by atoms with van der Waals surface area (Å²) in [5.41, 5.74) is 0.371. The molecule has 0 radical (unpaired) electrons. The molecule has 2 unspecified atom stereocenters. The monoisotopic (exact) mass is 391 g/mol. The number of carbonyl (C=O) groups is 2. The lowest BCUT2D eigenvalue weighted by atomic mass is 9.72. The van der Waals surface area contributed by atoms with Crippen molar-refractivity contribution in [3.05, 3.63) is 71.8 Å². The van der Waals surface area contributed by atoms with Crippen molar-refractivity contribution >= 4 is 11.9 Å². The third-order valence-electron chi connectivity index (χ3n) is 6.87. The van der Waals surface area contributed by atoms with Crippen molar-refractivity contribution < 1.29 is 14.7 Å². The molecule has 4 nitrogen and oxygen atoms in total. The Morgan fingerprint density at radius 2 is 1.45 bits per heavy atom. The van der Waals surface area contributed by atoms with Gasteiger partial charge in [-0.1, -0.05) is 73.5 Å². The van der Waals surface area contributed by atoms with E-state index < -0.39 is 11.4 Å². The summed E-state index contributed by atoms with van der Waals surface area (Å²) < 4.78 is 0. The molecule has 152 valence electrons. The fourth-order valence-corrected chi connectivity index (χ4v) is 5.22. The number of nitrogens with zero attached hydrogens (tertiary/aromatic N) is 1. The Morgan fingerprint density at radius 3 is 2.00 bits per heavy atom. The van der Waals surface area contributed by atoms with Crippen molar-refractivity contribution in [2.24, 2.45) is 11.8 Å². The number of aliphatic carboxylic acids is 1. The fraction of sp³-hybridized carbons (Fsp3) is 0.440. The number of carboxylic acids is 1. The van der Waals surface area contributed by atoms with Crippen molar-refractivity contribution in [2.45, 2.75) is 43.9 Å². The first-order valence-electron chi connectivity index (χ1n) is 10.7. The summed E-state index contributed by atoms with van der Waals surface area (Å²) in [5, 5.41) is 10.4. The first-order valence-corrected chi connectivity index (χ1v) is 10.7.